The molecule has 5 nitrogen and oxygen atoms in total. The van der Waals surface area contributed by atoms with Gasteiger partial charge in [-0.15, -0.1) is 0 Å². The fraction of sp³-hybridized carbons (Fsp3) is 0.500. The summed E-state index contributed by atoms with van der Waals surface area (Å²) in [6, 6.07) is 7.45. The molecule has 0 spiro atoms. The van der Waals surface area contributed by atoms with Crippen LogP contribution in [0, 0.1) is 5.92 Å². The van der Waals surface area contributed by atoms with Crippen LogP contribution in [-0.2, 0) is 9.53 Å². The Kier molecular flexibility index (Phi) is 4.83. The third-order valence-corrected chi connectivity index (χ3v) is 3.35. The van der Waals surface area contributed by atoms with Crippen LogP contribution in [0.3, 0.4) is 0 Å². The smallest absolute Gasteiger partial charge is 0.329 e. The molecule has 0 saturated heterocycles. The number of anilines is 1. The van der Waals surface area contributed by atoms with Gasteiger partial charge >= 0.3 is 5.97 Å². The largest absolute Gasteiger partial charge is 0.464 e. The molecule has 1 aromatic heterocycles. The fourth-order valence-corrected chi connectivity index (χ4v) is 2.34. The van der Waals surface area contributed by atoms with Gasteiger partial charge in [0.05, 0.1) is 17.6 Å². The Balaban J connectivity index is 2.39. The van der Waals surface area contributed by atoms with Crippen LogP contribution in [0.1, 0.15) is 33.2 Å². The number of carbonyl (C=O) groups excluding carboxylic acids is 1. The van der Waals surface area contributed by atoms with Crippen molar-refractivity contribution >= 4 is 23.0 Å². The van der Waals surface area contributed by atoms with Crippen molar-refractivity contribution in [2.24, 2.45) is 5.92 Å². The predicted molar refractivity (Wildman–Crippen MR) is 84.4 cm³/mol. The molecular weight excluding hydrogens is 266 g/mol. The second-order valence-electron chi connectivity index (χ2n) is 5.49. The molecule has 1 atom stereocenters. The summed E-state index contributed by atoms with van der Waals surface area (Å²) in [6.45, 7) is 6.48. The van der Waals surface area contributed by atoms with Gasteiger partial charge in [-0.25, -0.2) is 9.78 Å². The quantitative estimate of drug-likeness (QED) is 0.830. The van der Waals surface area contributed by atoms with Gasteiger partial charge in [-0.3, -0.25) is 4.57 Å². The molecule has 0 aliphatic carbocycles. The zero-order valence-corrected chi connectivity index (χ0v) is 13.1. The number of imidazole rings is 1. The minimum Gasteiger partial charge on any atom is -0.464 e. The SMILES string of the molecule is CCC(C(=O)OCC(C)C)n1c(NC)nc2ccccc21. The van der Waals surface area contributed by atoms with Gasteiger partial charge in [-0.1, -0.05) is 32.9 Å². The standard InChI is InChI=1S/C16H23N3O2/c1-5-13(15(20)21-10-11(2)3)19-14-9-7-6-8-12(14)18-16(19)17-4/h6-9,11,13H,5,10H2,1-4H3,(H,17,18). The highest BCUT2D eigenvalue weighted by Crippen LogP contribution is 2.27. The number of aromatic nitrogens is 2. The molecule has 5 heteroatoms. The van der Waals surface area contributed by atoms with E-state index in [1.54, 1.807) is 0 Å². The third kappa shape index (κ3) is 3.17. The van der Waals surface area contributed by atoms with Crippen molar-refractivity contribution in [2.45, 2.75) is 33.2 Å². The van der Waals surface area contributed by atoms with E-state index in [1.165, 1.54) is 0 Å². The maximum atomic E-state index is 12.4. The summed E-state index contributed by atoms with van der Waals surface area (Å²) in [6.07, 6.45) is 0.659. The van der Waals surface area contributed by atoms with Crippen LogP contribution in [0.15, 0.2) is 24.3 Å². The van der Waals surface area contributed by atoms with E-state index in [0.717, 1.165) is 11.0 Å². The number of hydrogen-bond donors (Lipinski definition) is 1. The summed E-state index contributed by atoms with van der Waals surface area (Å²) < 4.78 is 7.34. The topological polar surface area (TPSA) is 56.1 Å². The highest BCUT2D eigenvalue weighted by atomic mass is 16.5. The average Bonchev–Trinajstić information content (AvgIpc) is 2.85. The van der Waals surface area contributed by atoms with Crippen molar-refractivity contribution in [1.29, 1.82) is 0 Å². The molecule has 0 amide bonds. The Morgan fingerprint density at radius 3 is 2.71 bits per heavy atom. The first-order chi connectivity index (χ1) is 10.1. The highest BCUT2D eigenvalue weighted by molar-refractivity contribution is 5.83. The Labute approximate surface area is 125 Å². The van der Waals surface area contributed by atoms with E-state index in [-0.39, 0.29) is 12.0 Å². The molecule has 0 aliphatic rings. The molecule has 0 fully saturated rings. The number of para-hydroxylation sites is 2. The van der Waals surface area contributed by atoms with Crippen molar-refractivity contribution in [3.63, 3.8) is 0 Å². The predicted octanol–water partition coefficient (Wildman–Crippen LogP) is 3.23. The van der Waals surface area contributed by atoms with Gasteiger partial charge in [0.15, 0.2) is 0 Å². The molecule has 1 aromatic carbocycles. The van der Waals surface area contributed by atoms with Crippen LogP contribution >= 0.6 is 0 Å². The zero-order chi connectivity index (χ0) is 15.4. The number of hydrogen-bond acceptors (Lipinski definition) is 4. The second-order valence-corrected chi connectivity index (χ2v) is 5.49. The summed E-state index contributed by atoms with van der Waals surface area (Å²) in [5, 5.41) is 3.06. The number of benzene rings is 1. The van der Waals surface area contributed by atoms with E-state index >= 15 is 0 Å². The van der Waals surface area contributed by atoms with Crippen LogP contribution in [0.2, 0.25) is 0 Å². The Morgan fingerprint density at radius 1 is 1.38 bits per heavy atom. The van der Waals surface area contributed by atoms with E-state index in [1.807, 2.05) is 56.7 Å². The Morgan fingerprint density at radius 2 is 2.10 bits per heavy atom. The number of nitrogens with one attached hydrogen (secondary N) is 1. The van der Waals surface area contributed by atoms with E-state index in [2.05, 4.69) is 10.3 Å². The Bertz CT molecular complexity index is 619. The normalized spacial score (nSPS) is 12.6. The third-order valence-electron chi connectivity index (χ3n) is 3.35. The van der Waals surface area contributed by atoms with Crippen molar-refractivity contribution in [1.82, 2.24) is 9.55 Å². The first-order valence-corrected chi connectivity index (χ1v) is 7.39. The minimum absolute atomic E-state index is 0.203. The molecule has 1 unspecified atom stereocenters. The molecule has 114 valence electrons. The van der Waals surface area contributed by atoms with E-state index in [9.17, 15) is 4.79 Å². The summed E-state index contributed by atoms with van der Waals surface area (Å²) >= 11 is 0. The minimum atomic E-state index is -0.362. The molecule has 0 bridgehead atoms. The summed E-state index contributed by atoms with van der Waals surface area (Å²) in [4.78, 5) is 16.9. The zero-order valence-electron chi connectivity index (χ0n) is 13.1. The van der Waals surface area contributed by atoms with Gasteiger partial charge in [0.25, 0.3) is 0 Å². The number of rotatable bonds is 6. The highest BCUT2D eigenvalue weighted by Gasteiger charge is 2.25. The molecule has 0 aliphatic heterocycles. The second kappa shape index (κ2) is 6.61. The van der Waals surface area contributed by atoms with Gasteiger partial charge < -0.3 is 10.1 Å². The van der Waals surface area contributed by atoms with Crippen LogP contribution in [0.5, 0.6) is 0 Å². The van der Waals surface area contributed by atoms with Gasteiger partial charge in [-0.05, 0) is 24.5 Å². The van der Waals surface area contributed by atoms with Gasteiger partial charge in [0.2, 0.25) is 5.95 Å². The van der Waals surface area contributed by atoms with E-state index < -0.39 is 0 Å². The average molecular weight is 289 g/mol. The lowest BCUT2D eigenvalue weighted by Gasteiger charge is -2.19. The molecule has 1 N–H and O–H groups in total. The monoisotopic (exact) mass is 289 g/mol. The number of ether oxygens (including phenoxy) is 1. The number of fused-ring (bicyclic) bond motifs is 1. The number of nitrogens with zero attached hydrogens (tertiary/aromatic N) is 2. The lowest BCUT2D eigenvalue weighted by atomic mass is 10.2. The van der Waals surface area contributed by atoms with Crippen molar-refractivity contribution < 1.29 is 9.53 Å². The molecule has 0 radical (unpaired) electrons. The fourth-order valence-electron chi connectivity index (χ4n) is 2.34. The summed E-state index contributed by atoms with van der Waals surface area (Å²) in [5.41, 5.74) is 1.81. The molecule has 0 saturated carbocycles. The number of carbonyl (C=O) groups is 1. The first-order valence-electron chi connectivity index (χ1n) is 7.39. The van der Waals surface area contributed by atoms with E-state index in [4.69, 9.17) is 4.74 Å². The Hall–Kier alpha value is -2.04. The number of esters is 1. The maximum absolute atomic E-state index is 12.4. The van der Waals surface area contributed by atoms with Crippen molar-refractivity contribution in [3.8, 4) is 0 Å². The lowest BCUT2D eigenvalue weighted by molar-refractivity contribution is -0.148. The maximum Gasteiger partial charge on any atom is 0.329 e. The first kappa shape index (κ1) is 15.4. The summed E-state index contributed by atoms with van der Waals surface area (Å²) in [7, 11) is 1.81. The van der Waals surface area contributed by atoms with Crippen molar-refractivity contribution in [2.75, 3.05) is 19.0 Å². The molecular formula is C16H23N3O2. The van der Waals surface area contributed by atoms with Gasteiger partial charge in [-0.2, -0.15) is 0 Å². The summed E-state index contributed by atoms with van der Waals surface area (Å²) in [5.74, 6) is 0.810. The van der Waals surface area contributed by atoms with Crippen LogP contribution < -0.4 is 5.32 Å². The van der Waals surface area contributed by atoms with Crippen molar-refractivity contribution in [3.05, 3.63) is 24.3 Å². The molecule has 21 heavy (non-hydrogen) atoms. The van der Waals surface area contributed by atoms with Gasteiger partial charge in [0.1, 0.15) is 6.04 Å². The van der Waals surface area contributed by atoms with E-state index in [0.29, 0.717) is 24.9 Å². The molecule has 1 heterocycles. The molecule has 2 rings (SSSR count). The van der Waals surface area contributed by atoms with Gasteiger partial charge in [0, 0.05) is 7.05 Å². The van der Waals surface area contributed by atoms with Crippen LogP contribution in [-0.4, -0.2) is 29.2 Å². The molecule has 2 aromatic rings. The lowest BCUT2D eigenvalue weighted by Crippen LogP contribution is -2.24. The van der Waals surface area contributed by atoms with Crippen LogP contribution in [0.25, 0.3) is 11.0 Å². The van der Waals surface area contributed by atoms with Crippen LogP contribution in [0.4, 0.5) is 5.95 Å².